The van der Waals surface area contributed by atoms with E-state index in [9.17, 15) is 14.3 Å². The van der Waals surface area contributed by atoms with E-state index in [0.717, 1.165) is 37.0 Å². The number of aromatic nitrogens is 2. The third kappa shape index (κ3) is 3.95. The van der Waals surface area contributed by atoms with Crippen molar-refractivity contribution >= 4 is 22.6 Å². The second kappa shape index (κ2) is 8.05. The Labute approximate surface area is 180 Å². The molecule has 31 heavy (non-hydrogen) atoms. The molecule has 0 unspecified atom stereocenters. The minimum atomic E-state index is -0.428. The zero-order chi connectivity index (χ0) is 21.5. The largest absolute Gasteiger partial charge is 0.391 e. The van der Waals surface area contributed by atoms with Gasteiger partial charge in [0.2, 0.25) is 5.91 Å². The number of rotatable bonds is 4. The number of imidazole rings is 1. The molecule has 2 heterocycles. The quantitative estimate of drug-likeness (QED) is 0.676. The van der Waals surface area contributed by atoms with E-state index in [1.807, 2.05) is 30.6 Å². The Kier molecular flexibility index (Phi) is 5.24. The number of nitrogens with one attached hydrogen (secondary N) is 1. The summed E-state index contributed by atoms with van der Waals surface area (Å²) in [5.74, 6) is 0.349. The van der Waals surface area contributed by atoms with E-state index in [0.29, 0.717) is 23.1 Å². The Balaban J connectivity index is 1.23. The Morgan fingerprint density at radius 3 is 2.77 bits per heavy atom. The predicted molar refractivity (Wildman–Crippen MR) is 117 cm³/mol. The molecule has 6 nitrogen and oxygen atoms in total. The highest BCUT2D eigenvalue weighted by Crippen LogP contribution is 2.42. The van der Waals surface area contributed by atoms with Gasteiger partial charge in [-0.05, 0) is 61.4 Å². The first-order valence-electron chi connectivity index (χ1n) is 10.9. The van der Waals surface area contributed by atoms with Gasteiger partial charge in [-0.15, -0.1) is 0 Å². The molecule has 3 aromatic rings. The van der Waals surface area contributed by atoms with Crippen molar-refractivity contribution in [3.05, 3.63) is 60.2 Å². The molecule has 162 valence electrons. The molecule has 2 fully saturated rings. The highest BCUT2D eigenvalue weighted by Gasteiger charge is 2.42. The molecule has 2 N–H and O–H groups in total. The first-order valence-corrected chi connectivity index (χ1v) is 10.9. The number of nitrogens with zero attached hydrogens (tertiary/aromatic N) is 3. The number of aliphatic hydroxyl groups excluding tert-OH is 1. The van der Waals surface area contributed by atoms with Crippen molar-refractivity contribution in [3.63, 3.8) is 0 Å². The molecule has 4 atom stereocenters. The van der Waals surface area contributed by atoms with Crippen LogP contribution in [-0.2, 0) is 4.79 Å². The topological polar surface area (TPSA) is 70.4 Å². The van der Waals surface area contributed by atoms with E-state index in [1.165, 1.54) is 6.07 Å². The fourth-order valence-corrected chi connectivity index (χ4v) is 5.25. The Hall–Kier alpha value is -2.77. The number of halogens is 1. The summed E-state index contributed by atoms with van der Waals surface area (Å²) in [6.07, 6.45) is 3.00. The molecule has 1 amide bonds. The first-order chi connectivity index (χ1) is 15.0. The number of hydrogen-bond acceptors (Lipinski definition) is 4. The molecular formula is C24H27FN4O2. The Bertz CT molecular complexity index is 1110. The van der Waals surface area contributed by atoms with Crippen LogP contribution >= 0.6 is 0 Å². The fourth-order valence-electron chi connectivity index (χ4n) is 5.25. The maximum Gasteiger partial charge on any atom is 0.238 e. The van der Waals surface area contributed by atoms with Gasteiger partial charge in [0.15, 0.2) is 0 Å². The molecule has 1 saturated carbocycles. The van der Waals surface area contributed by atoms with Crippen LogP contribution in [0.5, 0.6) is 0 Å². The summed E-state index contributed by atoms with van der Waals surface area (Å²) in [4.78, 5) is 19.1. The second-order valence-electron chi connectivity index (χ2n) is 8.97. The van der Waals surface area contributed by atoms with Crippen LogP contribution in [0.15, 0.2) is 48.8 Å². The second-order valence-corrected chi connectivity index (χ2v) is 8.97. The molecule has 5 rings (SSSR count). The monoisotopic (exact) mass is 422 g/mol. The number of hydrogen-bond donors (Lipinski definition) is 2. The van der Waals surface area contributed by atoms with Gasteiger partial charge in [-0.2, -0.15) is 0 Å². The highest BCUT2D eigenvalue weighted by atomic mass is 19.1. The van der Waals surface area contributed by atoms with Gasteiger partial charge in [-0.1, -0.05) is 18.2 Å². The lowest BCUT2D eigenvalue weighted by Gasteiger charge is -2.36. The van der Waals surface area contributed by atoms with E-state index in [4.69, 9.17) is 0 Å². The molecule has 0 spiro atoms. The van der Waals surface area contributed by atoms with Crippen LogP contribution in [0.2, 0.25) is 0 Å². The number of likely N-dealkylation sites (tertiary alicyclic amines) is 1. The normalized spacial score (nSPS) is 26.2. The van der Waals surface area contributed by atoms with Crippen molar-refractivity contribution in [1.82, 2.24) is 14.5 Å². The Morgan fingerprint density at radius 1 is 1.19 bits per heavy atom. The summed E-state index contributed by atoms with van der Waals surface area (Å²) >= 11 is 0. The molecule has 0 radical (unpaired) electrons. The summed E-state index contributed by atoms with van der Waals surface area (Å²) in [5, 5.41) is 13.7. The van der Waals surface area contributed by atoms with Crippen molar-refractivity contribution in [2.75, 3.05) is 25.0 Å². The average molecular weight is 423 g/mol. The number of benzene rings is 2. The SMILES string of the molecule is Cc1ccc(NC(=O)CN2C[C@H]3C[C@@H](n4cnc5ccccc54)[C@H](O)C[C@H]3C2)cc1F. The van der Waals surface area contributed by atoms with Crippen molar-refractivity contribution in [2.24, 2.45) is 11.8 Å². The Morgan fingerprint density at radius 2 is 1.97 bits per heavy atom. The number of fused-ring (bicyclic) bond motifs is 2. The van der Waals surface area contributed by atoms with E-state index < -0.39 is 6.10 Å². The molecule has 1 saturated heterocycles. The molecule has 2 aliphatic rings. The number of carbonyl (C=O) groups is 1. The van der Waals surface area contributed by atoms with Crippen LogP contribution in [0.4, 0.5) is 10.1 Å². The maximum atomic E-state index is 13.7. The number of para-hydroxylation sites is 2. The van der Waals surface area contributed by atoms with Gasteiger partial charge in [0, 0.05) is 18.8 Å². The van der Waals surface area contributed by atoms with Crippen molar-refractivity contribution in [2.45, 2.75) is 31.9 Å². The van der Waals surface area contributed by atoms with Gasteiger partial charge in [-0.25, -0.2) is 9.37 Å². The predicted octanol–water partition coefficient (Wildman–Crippen LogP) is 3.37. The van der Waals surface area contributed by atoms with Gasteiger partial charge < -0.3 is 15.0 Å². The fraction of sp³-hybridized carbons (Fsp3) is 0.417. The lowest BCUT2D eigenvalue weighted by Crippen LogP contribution is -2.36. The zero-order valence-electron chi connectivity index (χ0n) is 17.5. The molecule has 1 aliphatic carbocycles. The van der Waals surface area contributed by atoms with E-state index in [2.05, 4.69) is 19.8 Å². The number of anilines is 1. The lowest BCUT2D eigenvalue weighted by atomic mass is 9.77. The van der Waals surface area contributed by atoms with Crippen molar-refractivity contribution in [1.29, 1.82) is 0 Å². The van der Waals surface area contributed by atoms with Crippen LogP contribution in [0.25, 0.3) is 11.0 Å². The average Bonchev–Trinajstić information content (AvgIpc) is 3.33. The van der Waals surface area contributed by atoms with Crippen LogP contribution in [0.1, 0.15) is 24.4 Å². The smallest absolute Gasteiger partial charge is 0.238 e. The first kappa shape index (κ1) is 20.2. The number of amides is 1. The van der Waals surface area contributed by atoms with Gasteiger partial charge in [0.25, 0.3) is 0 Å². The van der Waals surface area contributed by atoms with Crippen molar-refractivity contribution < 1.29 is 14.3 Å². The summed E-state index contributed by atoms with van der Waals surface area (Å²) < 4.78 is 15.8. The molecule has 2 aromatic carbocycles. The van der Waals surface area contributed by atoms with E-state index in [1.54, 1.807) is 19.1 Å². The summed E-state index contributed by atoms with van der Waals surface area (Å²) in [5.41, 5.74) is 3.02. The van der Waals surface area contributed by atoms with Gasteiger partial charge in [0.05, 0.1) is 36.1 Å². The third-order valence-electron chi connectivity index (χ3n) is 6.85. The van der Waals surface area contributed by atoms with Crippen molar-refractivity contribution in [3.8, 4) is 0 Å². The summed E-state index contributed by atoms with van der Waals surface area (Å²) in [7, 11) is 0. The minimum absolute atomic E-state index is 0.00189. The summed E-state index contributed by atoms with van der Waals surface area (Å²) in [6, 6.07) is 12.7. The highest BCUT2D eigenvalue weighted by molar-refractivity contribution is 5.92. The van der Waals surface area contributed by atoms with Crippen LogP contribution < -0.4 is 5.32 Å². The minimum Gasteiger partial charge on any atom is -0.391 e. The van der Waals surface area contributed by atoms with Crippen LogP contribution in [0.3, 0.4) is 0 Å². The zero-order valence-corrected chi connectivity index (χ0v) is 17.5. The van der Waals surface area contributed by atoms with Crippen LogP contribution in [0, 0.1) is 24.6 Å². The van der Waals surface area contributed by atoms with Gasteiger partial charge in [-0.3, -0.25) is 9.69 Å². The van der Waals surface area contributed by atoms with Gasteiger partial charge >= 0.3 is 0 Å². The lowest BCUT2D eigenvalue weighted by molar-refractivity contribution is -0.117. The molecule has 7 heteroatoms. The summed E-state index contributed by atoms with van der Waals surface area (Å²) in [6.45, 7) is 3.60. The third-order valence-corrected chi connectivity index (χ3v) is 6.85. The standard InChI is InChI=1S/C24H27FN4O2/c1-15-6-7-18(10-19(15)25)27-24(31)13-28-11-16-8-22(23(30)9-17(16)12-28)29-14-26-20-4-2-3-5-21(20)29/h2-7,10,14,16-17,22-23,30H,8-9,11-13H2,1H3,(H,27,31)/t16-,17+,22-,23-/m1/s1. The maximum absolute atomic E-state index is 13.7. The van der Waals surface area contributed by atoms with E-state index in [-0.39, 0.29) is 24.3 Å². The number of carbonyl (C=O) groups excluding carboxylic acids is 1. The molecule has 1 aromatic heterocycles. The molecular weight excluding hydrogens is 395 g/mol. The number of aryl methyl sites for hydroxylation is 1. The molecule has 1 aliphatic heterocycles. The van der Waals surface area contributed by atoms with Crippen LogP contribution in [-0.4, -0.2) is 51.2 Å². The number of aliphatic hydroxyl groups is 1. The van der Waals surface area contributed by atoms with Gasteiger partial charge in [0.1, 0.15) is 5.82 Å². The molecule has 0 bridgehead atoms. The van der Waals surface area contributed by atoms with E-state index >= 15 is 0 Å².